The molecule has 0 unspecified atom stereocenters. The molecule has 8 heteroatoms. The van der Waals surface area contributed by atoms with E-state index in [4.69, 9.17) is 16.6 Å². The van der Waals surface area contributed by atoms with Crippen molar-refractivity contribution in [3.05, 3.63) is 53.1 Å². The molecule has 0 spiro atoms. The van der Waals surface area contributed by atoms with Crippen molar-refractivity contribution in [2.45, 2.75) is 39.8 Å². The quantitative estimate of drug-likeness (QED) is 0.236. The Morgan fingerprint density at radius 2 is 1.87 bits per heavy atom. The number of guanidine groups is 1. The minimum absolute atomic E-state index is 0. The molecule has 166 valence electrons. The Labute approximate surface area is 202 Å². The number of piperazine rings is 1. The average Bonchev–Trinajstić information content (AvgIpc) is 3.14. The Morgan fingerprint density at radius 1 is 1.13 bits per heavy atom. The van der Waals surface area contributed by atoms with Gasteiger partial charge in [-0.1, -0.05) is 23.7 Å². The molecule has 6 nitrogen and oxygen atoms in total. The maximum atomic E-state index is 5.99. The molecule has 0 bridgehead atoms. The van der Waals surface area contributed by atoms with Gasteiger partial charge in [0.15, 0.2) is 5.96 Å². The standard InChI is InChI=1S/C22H33ClN6.HI/c1-3-24-22(26-10-4-5-12-28-13-11-25-19(28)2)29-16-14-27(15-17-29)18-20-6-8-21(23)9-7-20;/h6-9,11,13H,3-5,10,12,14-18H2,1-2H3,(H,24,26);1H. The molecular formula is C22H34ClIN6. The van der Waals surface area contributed by atoms with Gasteiger partial charge < -0.3 is 14.8 Å². The van der Waals surface area contributed by atoms with E-state index in [0.29, 0.717) is 0 Å². The van der Waals surface area contributed by atoms with E-state index in [-0.39, 0.29) is 24.0 Å². The summed E-state index contributed by atoms with van der Waals surface area (Å²) in [6.45, 7) is 12.1. The van der Waals surface area contributed by atoms with Crippen molar-refractivity contribution in [1.29, 1.82) is 0 Å². The summed E-state index contributed by atoms with van der Waals surface area (Å²) in [6, 6.07) is 8.17. The van der Waals surface area contributed by atoms with Crippen molar-refractivity contribution in [2.24, 2.45) is 4.99 Å². The highest BCUT2D eigenvalue weighted by Gasteiger charge is 2.19. The third kappa shape index (κ3) is 7.74. The highest BCUT2D eigenvalue weighted by Crippen LogP contribution is 2.13. The Hall–Kier alpha value is -1.32. The summed E-state index contributed by atoms with van der Waals surface area (Å²) in [7, 11) is 0. The molecule has 0 aliphatic carbocycles. The molecule has 3 rings (SSSR count). The Bertz CT molecular complexity index is 768. The number of rotatable bonds is 8. The molecule has 2 aromatic rings. The van der Waals surface area contributed by atoms with E-state index in [1.807, 2.05) is 31.5 Å². The topological polar surface area (TPSA) is 48.7 Å². The molecule has 1 N–H and O–H groups in total. The van der Waals surface area contributed by atoms with Crippen LogP contribution in [0.2, 0.25) is 5.02 Å². The predicted octanol–water partition coefficient (Wildman–Crippen LogP) is 4.03. The van der Waals surface area contributed by atoms with E-state index >= 15 is 0 Å². The first kappa shape index (κ1) is 24.9. The van der Waals surface area contributed by atoms with Crippen LogP contribution in [0.15, 0.2) is 41.7 Å². The number of nitrogens with zero attached hydrogens (tertiary/aromatic N) is 5. The van der Waals surface area contributed by atoms with Crippen molar-refractivity contribution in [2.75, 3.05) is 39.3 Å². The number of hydrogen-bond acceptors (Lipinski definition) is 3. The van der Waals surface area contributed by atoms with E-state index in [1.165, 1.54) is 5.56 Å². The fraction of sp³-hybridized carbons (Fsp3) is 0.545. The van der Waals surface area contributed by atoms with Crippen LogP contribution in [0.1, 0.15) is 31.2 Å². The first-order valence-electron chi connectivity index (χ1n) is 10.6. The Balaban J connectivity index is 0.00000320. The number of aromatic nitrogens is 2. The number of hydrogen-bond donors (Lipinski definition) is 1. The molecular weight excluding hydrogens is 511 g/mol. The highest BCUT2D eigenvalue weighted by molar-refractivity contribution is 14.0. The number of imidazole rings is 1. The average molecular weight is 545 g/mol. The van der Waals surface area contributed by atoms with Crippen LogP contribution in [0, 0.1) is 6.92 Å². The molecule has 0 atom stereocenters. The fourth-order valence-electron chi connectivity index (χ4n) is 3.61. The van der Waals surface area contributed by atoms with Crippen LogP contribution in [0.25, 0.3) is 0 Å². The zero-order valence-corrected chi connectivity index (χ0v) is 21.1. The van der Waals surface area contributed by atoms with Crippen LogP contribution in [0.4, 0.5) is 0 Å². The zero-order chi connectivity index (χ0) is 20.5. The zero-order valence-electron chi connectivity index (χ0n) is 18.1. The first-order valence-corrected chi connectivity index (χ1v) is 11.0. The maximum absolute atomic E-state index is 5.99. The fourth-order valence-corrected chi connectivity index (χ4v) is 3.74. The molecule has 2 heterocycles. The smallest absolute Gasteiger partial charge is 0.194 e. The van der Waals surface area contributed by atoms with E-state index in [0.717, 1.165) is 82.0 Å². The third-order valence-corrected chi connectivity index (χ3v) is 5.57. The first-order chi connectivity index (χ1) is 14.2. The summed E-state index contributed by atoms with van der Waals surface area (Å²) in [4.78, 5) is 14.0. The summed E-state index contributed by atoms with van der Waals surface area (Å²) in [5.41, 5.74) is 1.32. The second-order valence-electron chi connectivity index (χ2n) is 7.50. The lowest BCUT2D eigenvalue weighted by molar-refractivity contribution is 0.172. The largest absolute Gasteiger partial charge is 0.357 e. The summed E-state index contributed by atoms with van der Waals surface area (Å²) >= 11 is 5.99. The summed E-state index contributed by atoms with van der Waals surface area (Å²) in [6.07, 6.45) is 6.12. The number of nitrogens with one attached hydrogen (secondary N) is 1. The van der Waals surface area contributed by atoms with E-state index in [1.54, 1.807) is 0 Å². The minimum atomic E-state index is 0. The van der Waals surface area contributed by atoms with Gasteiger partial charge in [0.2, 0.25) is 0 Å². The molecule has 1 fully saturated rings. The second kappa shape index (κ2) is 13.2. The van der Waals surface area contributed by atoms with Gasteiger partial charge >= 0.3 is 0 Å². The number of unbranched alkanes of at least 4 members (excludes halogenated alkanes) is 1. The SMILES string of the molecule is CCNC(=NCCCCn1ccnc1C)N1CCN(Cc2ccc(Cl)cc2)CC1.I. The minimum Gasteiger partial charge on any atom is -0.357 e. The normalized spacial score (nSPS) is 15.2. The monoisotopic (exact) mass is 544 g/mol. The molecule has 0 saturated carbocycles. The van der Waals surface area contributed by atoms with Crippen LogP contribution in [0.5, 0.6) is 0 Å². The molecule has 1 aromatic heterocycles. The molecule has 1 aromatic carbocycles. The summed E-state index contributed by atoms with van der Waals surface area (Å²) in [5.74, 6) is 2.13. The van der Waals surface area contributed by atoms with Gasteiger partial charge in [0.25, 0.3) is 0 Å². The Kier molecular flexibility index (Phi) is 11.0. The van der Waals surface area contributed by atoms with Crippen molar-refractivity contribution in [3.8, 4) is 0 Å². The van der Waals surface area contributed by atoms with Crippen LogP contribution in [0.3, 0.4) is 0 Å². The summed E-state index contributed by atoms with van der Waals surface area (Å²) in [5, 5.41) is 4.26. The van der Waals surface area contributed by atoms with Gasteiger partial charge in [0, 0.05) is 69.8 Å². The number of aliphatic imine (C=N–C) groups is 1. The van der Waals surface area contributed by atoms with Crippen LogP contribution in [-0.2, 0) is 13.1 Å². The molecule has 0 radical (unpaired) electrons. The highest BCUT2D eigenvalue weighted by atomic mass is 127. The molecule has 1 aliphatic heterocycles. The third-order valence-electron chi connectivity index (χ3n) is 5.32. The molecule has 0 amide bonds. The van der Waals surface area contributed by atoms with Crippen molar-refractivity contribution in [1.82, 2.24) is 24.7 Å². The van der Waals surface area contributed by atoms with Crippen LogP contribution < -0.4 is 5.32 Å². The predicted molar refractivity (Wildman–Crippen MR) is 136 cm³/mol. The summed E-state index contributed by atoms with van der Waals surface area (Å²) < 4.78 is 2.20. The molecule has 1 aliphatic rings. The van der Waals surface area contributed by atoms with Crippen molar-refractivity contribution < 1.29 is 0 Å². The number of aryl methyl sites for hydroxylation is 2. The van der Waals surface area contributed by atoms with Gasteiger partial charge in [-0.2, -0.15) is 0 Å². The number of benzene rings is 1. The van der Waals surface area contributed by atoms with E-state index in [2.05, 4.69) is 43.7 Å². The lowest BCUT2D eigenvalue weighted by Gasteiger charge is -2.36. The lowest BCUT2D eigenvalue weighted by Crippen LogP contribution is -2.52. The Morgan fingerprint density at radius 3 is 2.50 bits per heavy atom. The van der Waals surface area contributed by atoms with Gasteiger partial charge in [0.1, 0.15) is 5.82 Å². The van der Waals surface area contributed by atoms with E-state index < -0.39 is 0 Å². The maximum Gasteiger partial charge on any atom is 0.194 e. The van der Waals surface area contributed by atoms with E-state index in [9.17, 15) is 0 Å². The second-order valence-corrected chi connectivity index (χ2v) is 7.94. The lowest BCUT2D eigenvalue weighted by atomic mass is 10.2. The molecule has 1 saturated heterocycles. The van der Waals surface area contributed by atoms with Gasteiger partial charge in [-0.15, -0.1) is 24.0 Å². The van der Waals surface area contributed by atoms with Gasteiger partial charge in [-0.25, -0.2) is 4.98 Å². The van der Waals surface area contributed by atoms with Crippen LogP contribution >= 0.6 is 35.6 Å². The van der Waals surface area contributed by atoms with Crippen molar-refractivity contribution in [3.63, 3.8) is 0 Å². The number of halogens is 2. The van der Waals surface area contributed by atoms with Gasteiger partial charge in [0.05, 0.1) is 0 Å². The van der Waals surface area contributed by atoms with Crippen molar-refractivity contribution >= 4 is 41.5 Å². The van der Waals surface area contributed by atoms with Gasteiger partial charge in [-0.05, 0) is 44.4 Å². The van der Waals surface area contributed by atoms with Crippen LogP contribution in [-0.4, -0.2) is 64.6 Å². The molecule has 30 heavy (non-hydrogen) atoms. The van der Waals surface area contributed by atoms with Gasteiger partial charge in [-0.3, -0.25) is 9.89 Å².